The minimum atomic E-state index is -0.0587. The van der Waals surface area contributed by atoms with Crippen LogP contribution < -0.4 is 10.6 Å². The highest BCUT2D eigenvalue weighted by atomic mass is 16.1. The third kappa shape index (κ3) is 3.41. The van der Waals surface area contributed by atoms with Gasteiger partial charge in [-0.1, -0.05) is 20.8 Å². The lowest BCUT2D eigenvalue weighted by atomic mass is 9.95. The van der Waals surface area contributed by atoms with Crippen molar-refractivity contribution in [2.24, 2.45) is 13.0 Å². The Kier molecular flexibility index (Phi) is 4.69. The number of imidazole rings is 1. The Bertz CT molecular complexity index is 1040. The molecule has 0 aliphatic carbocycles. The third-order valence-electron chi connectivity index (χ3n) is 5.59. The van der Waals surface area contributed by atoms with Crippen LogP contribution in [-0.2, 0) is 19.0 Å². The van der Waals surface area contributed by atoms with E-state index in [-0.39, 0.29) is 11.1 Å². The van der Waals surface area contributed by atoms with Crippen molar-refractivity contribution in [2.45, 2.75) is 45.6 Å². The van der Waals surface area contributed by atoms with Gasteiger partial charge in [-0.05, 0) is 37.0 Å². The van der Waals surface area contributed by atoms with Crippen molar-refractivity contribution in [2.75, 3.05) is 18.0 Å². The number of hydrogen-bond donors (Lipinski definition) is 0. The molecule has 148 valence electrons. The van der Waals surface area contributed by atoms with Gasteiger partial charge < -0.3 is 4.90 Å². The molecule has 28 heavy (non-hydrogen) atoms. The van der Waals surface area contributed by atoms with Crippen molar-refractivity contribution in [3.05, 3.63) is 46.9 Å². The predicted molar refractivity (Wildman–Crippen MR) is 111 cm³/mol. The van der Waals surface area contributed by atoms with Gasteiger partial charge in [0.1, 0.15) is 11.6 Å². The van der Waals surface area contributed by atoms with E-state index in [0.29, 0.717) is 5.92 Å². The highest BCUT2D eigenvalue weighted by Gasteiger charge is 2.24. The van der Waals surface area contributed by atoms with E-state index in [4.69, 9.17) is 4.98 Å². The van der Waals surface area contributed by atoms with Crippen LogP contribution in [0.2, 0.25) is 0 Å². The molecule has 3 aromatic heterocycles. The smallest absolute Gasteiger partial charge is 0.330 e. The average molecular weight is 380 g/mol. The first-order valence-corrected chi connectivity index (χ1v) is 9.93. The number of pyridine rings is 1. The molecule has 1 aliphatic heterocycles. The summed E-state index contributed by atoms with van der Waals surface area (Å²) in [4.78, 5) is 28.6. The molecule has 7 nitrogen and oxygen atoms in total. The lowest BCUT2D eigenvalue weighted by Gasteiger charge is -2.33. The van der Waals surface area contributed by atoms with Crippen molar-refractivity contribution in [1.82, 2.24) is 24.1 Å². The molecular formula is C21H28N6O. The van der Waals surface area contributed by atoms with E-state index in [0.717, 1.165) is 55.3 Å². The van der Waals surface area contributed by atoms with Gasteiger partial charge in [-0.2, -0.15) is 0 Å². The van der Waals surface area contributed by atoms with Gasteiger partial charge in [0.05, 0.1) is 5.52 Å². The van der Waals surface area contributed by atoms with E-state index in [9.17, 15) is 4.79 Å². The van der Waals surface area contributed by atoms with Gasteiger partial charge in [0.25, 0.3) is 0 Å². The van der Waals surface area contributed by atoms with Crippen molar-refractivity contribution in [1.29, 1.82) is 0 Å². The van der Waals surface area contributed by atoms with Crippen molar-refractivity contribution in [3.63, 3.8) is 0 Å². The lowest BCUT2D eigenvalue weighted by Crippen LogP contribution is -2.37. The maximum Gasteiger partial charge on any atom is 0.330 e. The van der Waals surface area contributed by atoms with E-state index in [2.05, 4.69) is 35.6 Å². The molecule has 0 atom stereocenters. The fraction of sp³-hybridized carbons (Fsp3) is 0.524. The standard InChI is InChI=1S/C21H28N6O/c1-21(2,3)19-23-11-7-17(24-19)26-12-8-15(9-13-26)14-27-18-16(6-5-10-22-18)25(4)20(27)28/h5-7,10-11,15H,8-9,12-14H2,1-4H3. The molecule has 1 saturated heterocycles. The molecule has 0 aromatic carbocycles. The third-order valence-corrected chi connectivity index (χ3v) is 5.59. The van der Waals surface area contributed by atoms with Crippen LogP contribution in [0.4, 0.5) is 5.82 Å². The second-order valence-electron chi connectivity index (χ2n) is 8.72. The number of aryl methyl sites for hydroxylation is 1. The van der Waals surface area contributed by atoms with Crippen molar-refractivity contribution < 1.29 is 0 Å². The first-order valence-electron chi connectivity index (χ1n) is 9.93. The molecule has 0 spiro atoms. The molecule has 0 amide bonds. The zero-order valence-corrected chi connectivity index (χ0v) is 17.1. The quantitative estimate of drug-likeness (QED) is 0.699. The molecule has 0 saturated carbocycles. The first-order chi connectivity index (χ1) is 13.3. The van der Waals surface area contributed by atoms with E-state index in [1.165, 1.54) is 0 Å². The Hall–Kier alpha value is -2.70. The Morgan fingerprint density at radius 3 is 2.57 bits per heavy atom. The first kappa shape index (κ1) is 18.7. The SMILES string of the molecule is Cn1c(=O)n(CC2CCN(c3ccnc(C(C)(C)C)n3)CC2)c2ncccc21. The van der Waals surface area contributed by atoms with Crippen molar-refractivity contribution >= 4 is 17.0 Å². The summed E-state index contributed by atoms with van der Waals surface area (Å²) in [5.41, 5.74) is 1.63. The van der Waals surface area contributed by atoms with E-state index in [1.54, 1.807) is 10.8 Å². The van der Waals surface area contributed by atoms with E-state index < -0.39 is 0 Å². The Morgan fingerprint density at radius 1 is 1.11 bits per heavy atom. The molecule has 0 bridgehead atoms. The second kappa shape index (κ2) is 7.04. The molecule has 3 aromatic rings. The maximum atomic E-state index is 12.6. The zero-order valence-electron chi connectivity index (χ0n) is 17.1. The van der Waals surface area contributed by atoms with Crippen LogP contribution in [0.3, 0.4) is 0 Å². The summed E-state index contributed by atoms with van der Waals surface area (Å²) in [6.45, 7) is 9.01. The molecule has 7 heteroatoms. The van der Waals surface area contributed by atoms with Crippen LogP contribution in [0.25, 0.3) is 11.2 Å². The van der Waals surface area contributed by atoms with Crippen LogP contribution >= 0.6 is 0 Å². The molecular weight excluding hydrogens is 352 g/mol. The number of rotatable bonds is 3. The van der Waals surface area contributed by atoms with Gasteiger partial charge in [0.15, 0.2) is 5.65 Å². The number of fused-ring (bicyclic) bond motifs is 1. The Morgan fingerprint density at radius 2 is 1.86 bits per heavy atom. The highest BCUT2D eigenvalue weighted by Crippen LogP contribution is 2.25. The molecule has 0 radical (unpaired) electrons. The largest absolute Gasteiger partial charge is 0.356 e. The summed E-state index contributed by atoms with van der Waals surface area (Å²) in [5, 5.41) is 0. The van der Waals surface area contributed by atoms with Crippen molar-refractivity contribution in [3.8, 4) is 0 Å². The van der Waals surface area contributed by atoms with Gasteiger partial charge in [-0.25, -0.2) is 19.7 Å². The second-order valence-corrected chi connectivity index (χ2v) is 8.72. The average Bonchev–Trinajstić information content (AvgIpc) is 2.93. The molecule has 4 rings (SSSR count). The minimum Gasteiger partial charge on any atom is -0.356 e. The predicted octanol–water partition coefficient (Wildman–Crippen LogP) is 2.74. The maximum absolute atomic E-state index is 12.6. The zero-order chi connectivity index (χ0) is 19.9. The van der Waals surface area contributed by atoms with Crippen LogP contribution in [0.1, 0.15) is 39.4 Å². The molecule has 0 N–H and O–H groups in total. The molecule has 4 heterocycles. The van der Waals surface area contributed by atoms with Crippen LogP contribution in [0.15, 0.2) is 35.4 Å². The van der Waals surface area contributed by atoms with Gasteiger partial charge in [-0.3, -0.25) is 9.13 Å². The number of piperidine rings is 1. The van der Waals surface area contributed by atoms with Gasteiger partial charge >= 0.3 is 5.69 Å². The summed E-state index contributed by atoms with van der Waals surface area (Å²) < 4.78 is 3.52. The summed E-state index contributed by atoms with van der Waals surface area (Å²) >= 11 is 0. The summed E-state index contributed by atoms with van der Waals surface area (Å²) in [6, 6.07) is 5.82. The van der Waals surface area contributed by atoms with E-state index in [1.807, 2.05) is 36.0 Å². The lowest BCUT2D eigenvalue weighted by molar-refractivity contribution is 0.353. The topological polar surface area (TPSA) is 68.8 Å². The fourth-order valence-electron chi connectivity index (χ4n) is 3.89. The van der Waals surface area contributed by atoms with E-state index >= 15 is 0 Å². The van der Waals surface area contributed by atoms with Gasteiger partial charge in [0.2, 0.25) is 0 Å². The number of nitrogens with zero attached hydrogens (tertiary/aromatic N) is 6. The Balaban J connectivity index is 1.47. The molecule has 0 unspecified atom stereocenters. The van der Waals surface area contributed by atoms with Crippen LogP contribution in [0.5, 0.6) is 0 Å². The highest BCUT2D eigenvalue weighted by molar-refractivity contribution is 5.71. The van der Waals surface area contributed by atoms with Crippen LogP contribution in [0, 0.1) is 5.92 Å². The number of aromatic nitrogens is 5. The molecule has 1 fully saturated rings. The summed E-state index contributed by atoms with van der Waals surface area (Å²) in [7, 11) is 1.81. The summed E-state index contributed by atoms with van der Waals surface area (Å²) in [6.07, 6.45) is 5.67. The van der Waals surface area contributed by atoms with Gasteiger partial charge in [-0.15, -0.1) is 0 Å². The van der Waals surface area contributed by atoms with Gasteiger partial charge in [0, 0.05) is 44.5 Å². The minimum absolute atomic E-state index is 0.0155. The Labute approximate surface area is 165 Å². The monoisotopic (exact) mass is 380 g/mol. The normalized spacial score (nSPS) is 16.1. The molecule has 1 aliphatic rings. The number of hydrogen-bond acceptors (Lipinski definition) is 5. The van der Waals surface area contributed by atoms with Crippen LogP contribution in [-0.4, -0.2) is 37.2 Å². The fourth-order valence-corrected chi connectivity index (χ4v) is 3.89. The number of anilines is 1. The summed E-state index contributed by atoms with van der Waals surface area (Å²) in [5.74, 6) is 2.34.